The normalized spacial score (nSPS) is 17.0. The summed E-state index contributed by atoms with van der Waals surface area (Å²) < 4.78 is 5.39. The molecule has 216 valence electrons. The van der Waals surface area contributed by atoms with E-state index in [-0.39, 0.29) is 6.61 Å². The van der Waals surface area contributed by atoms with Gasteiger partial charge in [0.2, 0.25) is 5.95 Å². The van der Waals surface area contributed by atoms with Crippen LogP contribution in [0.2, 0.25) is 0 Å². The maximum atomic E-state index is 8.83. The van der Waals surface area contributed by atoms with Crippen LogP contribution in [-0.4, -0.2) is 91.7 Å². The smallest absolute Gasteiger partial charge is 0.226 e. The van der Waals surface area contributed by atoms with Crippen molar-refractivity contribution in [3.8, 4) is 0 Å². The Balaban J connectivity index is 1.14. The number of hydrogen-bond acceptors (Lipinski definition) is 10. The first-order valence-electron chi connectivity index (χ1n) is 14.8. The molecular weight excluding hydrogens is 492 g/mol. The number of ether oxygens (including phenoxy) is 1. The summed E-state index contributed by atoms with van der Waals surface area (Å²) in [5.74, 6) is 1.88. The first kappa shape index (κ1) is 29.5. The number of aromatic nitrogens is 2. The maximum absolute atomic E-state index is 8.83. The van der Waals surface area contributed by atoms with Crippen molar-refractivity contribution in [1.29, 1.82) is 0 Å². The van der Waals surface area contributed by atoms with Crippen LogP contribution in [0, 0.1) is 0 Å². The van der Waals surface area contributed by atoms with Crippen molar-refractivity contribution in [1.82, 2.24) is 25.5 Å². The lowest BCUT2D eigenvalue weighted by Crippen LogP contribution is -2.47. The fourth-order valence-corrected chi connectivity index (χ4v) is 5.27. The quantitative estimate of drug-likeness (QED) is 0.203. The van der Waals surface area contributed by atoms with E-state index in [4.69, 9.17) is 20.6 Å². The van der Waals surface area contributed by atoms with Gasteiger partial charge in [-0.2, -0.15) is 9.97 Å². The third kappa shape index (κ3) is 10.5. The third-order valence-electron chi connectivity index (χ3n) is 7.59. The topological polar surface area (TPSA) is 124 Å². The van der Waals surface area contributed by atoms with Crippen LogP contribution in [0.25, 0.3) is 0 Å². The Morgan fingerprint density at radius 3 is 2.41 bits per heavy atom. The zero-order valence-corrected chi connectivity index (χ0v) is 23.4. The van der Waals surface area contributed by atoms with Gasteiger partial charge in [0.1, 0.15) is 11.6 Å². The van der Waals surface area contributed by atoms with Crippen LogP contribution in [-0.2, 0) is 17.8 Å². The van der Waals surface area contributed by atoms with Gasteiger partial charge in [-0.05, 0) is 43.5 Å². The summed E-state index contributed by atoms with van der Waals surface area (Å²) in [6, 6.07) is 11.3. The molecule has 0 unspecified atom stereocenters. The number of nitrogens with two attached hydrogens (primary N) is 1. The maximum Gasteiger partial charge on any atom is 0.226 e. The molecule has 6 N–H and O–H groups in total. The van der Waals surface area contributed by atoms with Gasteiger partial charge in [-0.25, -0.2) is 0 Å². The van der Waals surface area contributed by atoms with Crippen LogP contribution < -0.4 is 26.6 Å². The molecule has 1 saturated carbocycles. The molecule has 2 aliphatic rings. The Kier molecular flexibility index (Phi) is 12.5. The van der Waals surface area contributed by atoms with Gasteiger partial charge >= 0.3 is 0 Å². The fourth-order valence-electron chi connectivity index (χ4n) is 5.27. The van der Waals surface area contributed by atoms with E-state index >= 15 is 0 Å². The number of aliphatic hydroxyl groups excluding tert-OH is 1. The molecular formula is C29H48N8O2. The van der Waals surface area contributed by atoms with Gasteiger partial charge in [-0.3, -0.25) is 4.90 Å². The summed E-state index contributed by atoms with van der Waals surface area (Å²) in [4.78, 5) is 13.7. The summed E-state index contributed by atoms with van der Waals surface area (Å²) in [7, 11) is 0. The number of nitrogens with one attached hydrogen (secondary N) is 3. The number of nitrogens with zero attached hydrogens (tertiary/aromatic N) is 4. The highest BCUT2D eigenvalue weighted by atomic mass is 16.5. The van der Waals surface area contributed by atoms with E-state index in [1.165, 1.54) is 43.2 Å². The lowest BCUT2D eigenvalue weighted by molar-refractivity contribution is 0.0724. The standard InChI is InChI=1S/C29H48N8O2/c30-27-21-28(37-15-13-36(14-16-37)17-19-39-20-18-38)35-29(34-27)33-23-25-9-7-24(8-10-25)22-31-11-4-12-32-26-5-2-1-3-6-26/h7-10,21,26,31-32,38H,1-6,11-20,22-23H2,(H3,30,33,34,35). The molecule has 2 aromatic rings. The van der Waals surface area contributed by atoms with Crippen molar-refractivity contribution in [2.45, 2.75) is 57.7 Å². The molecule has 0 spiro atoms. The number of piperazine rings is 1. The van der Waals surface area contributed by atoms with Gasteiger partial charge in [0.05, 0.1) is 19.8 Å². The van der Waals surface area contributed by atoms with Gasteiger partial charge in [-0.1, -0.05) is 43.5 Å². The Bertz CT molecular complexity index is 947. The summed E-state index contributed by atoms with van der Waals surface area (Å²) >= 11 is 0. The second-order valence-electron chi connectivity index (χ2n) is 10.6. The SMILES string of the molecule is Nc1cc(N2CCN(CCOCCO)CC2)nc(NCc2ccc(CNCCCNC3CCCCC3)cc2)n1. The largest absolute Gasteiger partial charge is 0.394 e. The summed E-state index contributed by atoms with van der Waals surface area (Å²) in [5.41, 5.74) is 8.59. The van der Waals surface area contributed by atoms with E-state index in [0.717, 1.165) is 70.6 Å². The Hall–Kier alpha value is -2.50. The molecule has 0 bridgehead atoms. The predicted molar refractivity (Wildman–Crippen MR) is 158 cm³/mol. The number of hydrogen-bond donors (Lipinski definition) is 5. The van der Waals surface area contributed by atoms with Crippen molar-refractivity contribution in [2.24, 2.45) is 0 Å². The minimum Gasteiger partial charge on any atom is -0.394 e. The van der Waals surface area contributed by atoms with Crippen molar-refractivity contribution < 1.29 is 9.84 Å². The lowest BCUT2D eigenvalue weighted by Gasteiger charge is -2.35. The molecule has 0 amide bonds. The van der Waals surface area contributed by atoms with Gasteiger partial charge in [0.25, 0.3) is 0 Å². The molecule has 1 aromatic heterocycles. The number of rotatable bonds is 16. The summed E-state index contributed by atoms with van der Waals surface area (Å²) in [6.07, 6.45) is 8.04. The molecule has 1 aromatic carbocycles. The molecule has 10 heteroatoms. The molecule has 10 nitrogen and oxygen atoms in total. The van der Waals surface area contributed by atoms with Crippen molar-refractivity contribution in [3.05, 3.63) is 41.5 Å². The highest BCUT2D eigenvalue weighted by Crippen LogP contribution is 2.19. The number of benzene rings is 1. The molecule has 4 rings (SSSR count). The predicted octanol–water partition coefficient (Wildman–Crippen LogP) is 2.20. The van der Waals surface area contributed by atoms with Crippen molar-refractivity contribution in [3.63, 3.8) is 0 Å². The first-order valence-corrected chi connectivity index (χ1v) is 14.8. The number of nitrogen functional groups attached to an aromatic ring is 1. The molecule has 0 atom stereocenters. The highest BCUT2D eigenvalue weighted by Gasteiger charge is 2.19. The average Bonchev–Trinajstić information content (AvgIpc) is 2.97. The van der Waals surface area contributed by atoms with Crippen LogP contribution in [0.5, 0.6) is 0 Å². The molecule has 39 heavy (non-hydrogen) atoms. The number of anilines is 3. The lowest BCUT2D eigenvalue weighted by atomic mass is 9.95. The molecule has 1 aliphatic heterocycles. The van der Waals surface area contributed by atoms with Gasteiger partial charge < -0.3 is 36.4 Å². The zero-order chi connectivity index (χ0) is 27.1. The second kappa shape index (κ2) is 16.6. The summed E-state index contributed by atoms with van der Waals surface area (Å²) in [6.45, 7) is 9.29. The zero-order valence-electron chi connectivity index (χ0n) is 23.4. The molecule has 1 aliphatic carbocycles. The van der Waals surface area contributed by atoms with E-state index in [9.17, 15) is 0 Å². The van der Waals surface area contributed by atoms with Gasteiger partial charge in [0.15, 0.2) is 0 Å². The fraction of sp³-hybridized carbons (Fsp3) is 0.655. The van der Waals surface area contributed by atoms with E-state index in [0.29, 0.717) is 31.5 Å². The van der Waals surface area contributed by atoms with Crippen LogP contribution in [0.15, 0.2) is 30.3 Å². The highest BCUT2D eigenvalue weighted by molar-refractivity contribution is 5.52. The Morgan fingerprint density at radius 2 is 1.67 bits per heavy atom. The monoisotopic (exact) mass is 540 g/mol. The minimum absolute atomic E-state index is 0.0700. The Morgan fingerprint density at radius 1 is 0.923 bits per heavy atom. The molecule has 0 radical (unpaired) electrons. The van der Waals surface area contributed by atoms with Crippen LogP contribution >= 0.6 is 0 Å². The van der Waals surface area contributed by atoms with Crippen molar-refractivity contribution >= 4 is 17.6 Å². The van der Waals surface area contributed by atoms with Gasteiger partial charge in [0, 0.05) is 57.9 Å². The van der Waals surface area contributed by atoms with Crippen molar-refractivity contribution in [2.75, 3.05) is 81.6 Å². The molecule has 1 saturated heterocycles. The van der Waals surface area contributed by atoms with Crippen LogP contribution in [0.3, 0.4) is 0 Å². The first-order chi connectivity index (χ1) is 19.2. The minimum atomic E-state index is 0.0700. The molecule has 2 fully saturated rings. The summed E-state index contributed by atoms with van der Waals surface area (Å²) in [5, 5.41) is 19.4. The Labute approximate surface area is 233 Å². The van der Waals surface area contributed by atoms with E-state index in [1.807, 2.05) is 6.07 Å². The van der Waals surface area contributed by atoms with Crippen LogP contribution in [0.4, 0.5) is 17.6 Å². The second-order valence-corrected chi connectivity index (χ2v) is 10.6. The van der Waals surface area contributed by atoms with Crippen LogP contribution in [0.1, 0.15) is 49.7 Å². The van der Waals surface area contributed by atoms with E-state index in [2.05, 4.69) is 55.0 Å². The average molecular weight is 541 g/mol. The number of aliphatic hydroxyl groups is 1. The van der Waals surface area contributed by atoms with E-state index < -0.39 is 0 Å². The molecule has 2 heterocycles. The third-order valence-corrected chi connectivity index (χ3v) is 7.59. The van der Waals surface area contributed by atoms with Gasteiger partial charge in [-0.15, -0.1) is 0 Å². The van der Waals surface area contributed by atoms with E-state index in [1.54, 1.807) is 0 Å².